The molecule has 4 atom stereocenters. The first kappa shape index (κ1) is 14.9. The Morgan fingerprint density at radius 3 is 1.40 bits per heavy atom. The molecule has 0 aliphatic carbocycles. The maximum absolute atomic E-state index is 9.35. The summed E-state index contributed by atoms with van der Waals surface area (Å²) in [6.45, 7) is 11.0. The SMILES string of the molecule is CCN(C(C)CC(C)O)C(C)CC(C)O. The Labute approximate surface area is 94.1 Å². The Kier molecular flexibility index (Phi) is 7.14. The average molecular weight is 217 g/mol. The van der Waals surface area contributed by atoms with E-state index < -0.39 is 0 Å². The van der Waals surface area contributed by atoms with Gasteiger partial charge in [-0.2, -0.15) is 0 Å². The van der Waals surface area contributed by atoms with Crippen LogP contribution >= 0.6 is 0 Å². The van der Waals surface area contributed by atoms with Crippen LogP contribution in [0.15, 0.2) is 0 Å². The van der Waals surface area contributed by atoms with Gasteiger partial charge in [-0.3, -0.25) is 4.90 Å². The highest BCUT2D eigenvalue weighted by Crippen LogP contribution is 2.14. The molecule has 4 unspecified atom stereocenters. The first-order chi connectivity index (χ1) is 6.88. The van der Waals surface area contributed by atoms with E-state index in [0.717, 1.165) is 19.4 Å². The maximum atomic E-state index is 9.35. The molecule has 3 nitrogen and oxygen atoms in total. The van der Waals surface area contributed by atoms with Gasteiger partial charge in [-0.1, -0.05) is 6.92 Å². The Morgan fingerprint density at radius 1 is 0.867 bits per heavy atom. The first-order valence-corrected chi connectivity index (χ1v) is 6.00. The zero-order valence-electron chi connectivity index (χ0n) is 10.8. The van der Waals surface area contributed by atoms with Crippen LogP contribution in [0, 0.1) is 0 Å². The number of aliphatic hydroxyl groups is 2. The smallest absolute Gasteiger partial charge is 0.0526 e. The van der Waals surface area contributed by atoms with Gasteiger partial charge >= 0.3 is 0 Å². The van der Waals surface area contributed by atoms with Crippen molar-refractivity contribution in [1.29, 1.82) is 0 Å². The highest BCUT2D eigenvalue weighted by molar-refractivity contribution is 4.75. The molecule has 0 aromatic carbocycles. The second kappa shape index (κ2) is 7.20. The molecule has 0 saturated heterocycles. The molecular weight excluding hydrogens is 190 g/mol. The molecule has 0 rings (SSSR count). The standard InChI is InChI=1S/C12H27NO2/c1-6-13(9(2)7-11(4)14)10(3)8-12(5)15/h9-12,14-15H,6-8H2,1-5H3. The van der Waals surface area contributed by atoms with Crippen molar-refractivity contribution in [3.05, 3.63) is 0 Å². The average Bonchev–Trinajstić information content (AvgIpc) is 2.01. The zero-order chi connectivity index (χ0) is 12.0. The summed E-state index contributed by atoms with van der Waals surface area (Å²) in [5, 5.41) is 18.7. The van der Waals surface area contributed by atoms with Crippen LogP contribution in [0.3, 0.4) is 0 Å². The third-order valence-corrected chi connectivity index (χ3v) is 2.86. The number of hydrogen-bond donors (Lipinski definition) is 2. The summed E-state index contributed by atoms with van der Waals surface area (Å²) in [6, 6.07) is 0.729. The molecule has 0 aliphatic rings. The van der Waals surface area contributed by atoms with E-state index >= 15 is 0 Å². The van der Waals surface area contributed by atoms with Crippen LogP contribution in [0.4, 0.5) is 0 Å². The summed E-state index contributed by atoms with van der Waals surface area (Å²) in [7, 11) is 0. The van der Waals surface area contributed by atoms with Gasteiger partial charge in [0.25, 0.3) is 0 Å². The van der Waals surface area contributed by atoms with E-state index in [2.05, 4.69) is 25.7 Å². The molecule has 0 aromatic heterocycles. The first-order valence-electron chi connectivity index (χ1n) is 6.00. The van der Waals surface area contributed by atoms with Crippen LogP contribution < -0.4 is 0 Å². The van der Waals surface area contributed by atoms with E-state index in [9.17, 15) is 10.2 Å². The van der Waals surface area contributed by atoms with Crippen molar-refractivity contribution in [2.24, 2.45) is 0 Å². The van der Waals surface area contributed by atoms with E-state index in [-0.39, 0.29) is 12.2 Å². The molecule has 0 bridgehead atoms. The predicted molar refractivity (Wildman–Crippen MR) is 63.9 cm³/mol. The quantitative estimate of drug-likeness (QED) is 0.681. The summed E-state index contributed by atoms with van der Waals surface area (Å²) < 4.78 is 0. The lowest BCUT2D eigenvalue weighted by molar-refractivity contribution is 0.0725. The number of nitrogens with zero attached hydrogens (tertiary/aromatic N) is 1. The molecule has 0 amide bonds. The lowest BCUT2D eigenvalue weighted by Gasteiger charge is -2.34. The molecule has 0 fully saturated rings. The van der Waals surface area contributed by atoms with Gasteiger partial charge in [0.1, 0.15) is 0 Å². The van der Waals surface area contributed by atoms with Crippen LogP contribution in [0.1, 0.15) is 47.5 Å². The number of rotatable bonds is 7. The van der Waals surface area contributed by atoms with Crippen LogP contribution in [-0.4, -0.2) is 45.9 Å². The van der Waals surface area contributed by atoms with Gasteiger partial charge in [0, 0.05) is 12.1 Å². The summed E-state index contributed by atoms with van der Waals surface area (Å²) in [6.07, 6.45) is 1.07. The minimum absolute atomic E-state index is 0.257. The van der Waals surface area contributed by atoms with E-state index in [0.29, 0.717) is 12.1 Å². The normalized spacial score (nSPS) is 20.0. The number of aliphatic hydroxyl groups excluding tert-OH is 2. The Morgan fingerprint density at radius 2 is 1.20 bits per heavy atom. The topological polar surface area (TPSA) is 43.7 Å². The van der Waals surface area contributed by atoms with Crippen molar-refractivity contribution in [2.45, 2.75) is 71.8 Å². The molecule has 0 aliphatic heterocycles. The largest absolute Gasteiger partial charge is 0.393 e. The third kappa shape index (κ3) is 6.13. The van der Waals surface area contributed by atoms with Crippen molar-refractivity contribution < 1.29 is 10.2 Å². The van der Waals surface area contributed by atoms with Gasteiger partial charge in [0.05, 0.1) is 12.2 Å². The Bertz CT molecular complexity index is 144. The lowest BCUT2D eigenvalue weighted by atomic mass is 10.0. The van der Waals surface area contributed by atoms with Crippen molar-refractivity contribution in [3.8, 4) is 0 Å². The monoisotopic (exact) mass is 217 g/mol. The third-order valence-electron chi connectivity index (χ3n) is 2.86. The van der Waals surface area contributed by atoms with Gasteiger partial charge in [0.2, 0.25) is 0 Å². The molecule has 0 aromatic rings. The molecule has 0 saturated carbocycles. The highest BCUT2D eigenvalue weighted by Gasteiger charge is 2.20. The van der Waals surface area contributed by atoms with Crippen molar-refractivity contribution in [2.75, 3.05) is 6.54 Å². The molecule has 92 valence electrons. The second-order valence-electron chi connectivity index (χ2n) is 4.70. The Balaban J connectivity index is 4.20. The van der Waals surface area contributed by atoms with Gasteiger partial charge in [-0.15, -0.1) is 0 Å². The second-order valence-corrected chi connectivity index (χ2v) is 4.70. The molecule has 0 heterocycles. The minimum atomic E-state index is -0.257. The molecule has 2 N–H and O–H groups in total. The van der Waals surface area contributed by atoms with Gasteiger partial charge < -0.3 is 10.2 Å². The summed E-state index contributed by atoms with van der Waals surface area (Å²) in [5.74, 6) is 0. The minimum Gasteiger partial charge on any atom is -0.393 e. The van der Waals surface area contributed by atoms with Gasteiger partial charge in [-0.05, 0) is 47.1 Å². The summed E-state index contributed by atoms with van der Waals surface area (Å²) in [4.78, 5) is 2.33. The molecule has 15 heavy (non-hydrogen) atoms. The molecule has 0 spiro atoms. The van der Waals surface area contributed by atoms with E-state index in [1.807, 2.05) is 13.8 Å². The lowest BCUT2D eigenvalue weighted by Crippen LogP contribution is -2.42. The highest BCUT2D eigenvalue weighted by atomic mass is 16.3. The van der Waals surface area contributed by atoms with Crippen LogP contribution in [0.2, 0.25) is 0 Å². The van der Waals surface area contributed by atoms with E-state index in [1.54, 1.807) is 0 Å². The molecule has 3 heteroatoms. The van der Waals surface area contributed by atoms with Crippen LogP contribution in [0.25, 0.3) is 0 Å². The van der Waals surface area contributed by atoms with Gasteiger partial charge in [-0.25, -0.2) is 0 Å². The Hall–Kier alpha value is -0.120. The molecule has 0 radical (unpaired) electrons. The fraction of sp³-hybridized carbons (Fsp3) is 1.00. The van der Waals surface area contributed by atoms with E-state index in [1.165, 1.54) is 0 Å². The maximum Gasteiger partial charge on any atom is 0.0526 e. The van der Waals surface area contributed by atoms with E-state index in [4.69, 9.17) is 0 Å². The van der Waals surface area contributed by atoms with Crippen molar-refractivity contribution in [1.82, 2.24) is 4.90 Å². The zero-order valence-corrected chi connectivity index (χ0v) is 10.8. The molecular formula is C12H27NO2. The fourth-order valence-corrected chi connectivity index (χ4v) is 2.32. The van der Waals surface area contributed by atoms with Crippen LogP contribution in [-0.2, 0) is 0 Å². The summed E-state index contributed by atoms with van der Waals surface area (Å²) >= 11 is 0. The summed E-state index contributed by atoms with van der Waals surface area (Å²) in [5.41, 5.74) is 0. The fourth-order valence-electron chi connectivity index (χ4n) is 2.32. The van der Waals surface area contributed by atoms with Crippen LogP contribution in [0.5, 0.6) is 0 Å². The predicted octanol–water partition coefficient (Wildman–Crippen LogP) is 1.63. The number of hydrogen-bond acceptors (Lipinski definition) is 3. The van der Waals surface area contributed by atoms with Crippen molar-refractivity contribution in [3.63, 3.8) is 0 Å². The van der Waals surface area contributed by atoms with Crippen molar-refractivity contribution >= 4 is 0 Å². The van der Waals surface area contributed by atoms with Gasteiger partial charge in [0.15, 0.2) is 0 Å².